The van der Waals surface area contributed by atoms with Gasteiger partial charge in [0.2, 0.25) is 4.45 Å². The van der Waals surface area contributed by atoms with Crippen molar-refractivity contribution >= 4 is 36.0 Å². The van der Waals surface area contributed by atoms with E-state index in [1.54, 1.807) is 0 Å². The van der Waals surface area contributed by atoms with Crippen LogP contribution in [-0.4, -0.2) is 8.87 Å². The van der Waals surface area contributed by atoms with Crippen molar-refractivity contribution < 1.29 is 0 Å². The summed E-state index contributed by atoms with van der Waals surface area (Å²) in [6.45, 7) is 3.76. The molecule has 0 bridgehead atoms. The van der Waals surface area contributed by atoms with Gasteiger partial charge in [-0.2, -0.15) is 0 Å². The van der Waals surface area contributed by atoms with Gasteiger partial charge in [-0.3, -0.25) is 0 Å². The number of hydrogen-bond acceptors (Lipinski definition) is 3. The number of rotatable bonds is 0. The van der Waals surface area contributed by atoms with E-state index >= 15 is 0 Å². The number of nitrogens with one attached hydrogen (secondary N) is 1. The Morgan fingerprint density at radius 1 is 1.60 bits per heavy atom. The molecule has 1 rings (SSSR count). The smallest absolute Gasteiger partial charge is 0.249 e. The molecule has 1 atom stereocenters. The molecule has 0 aromatic rings. The van der Waals surface area contributed by atoms with Crippen LogP contribution < -0.4 is 5.32 Å². The van der Waals surface area contributed by atoms with Crippen LogP contribution in [0, 0.1) is 0 Å². The summed E-state index contributed by atoms with van der Waals surface area (Å²) in [5.74, 6) is 0. The van der Waals surface area contributed by atoms with E-state index in [1.807, 2.05) is 13.8 Å². The Bertz CT molecular complexity index is 190. The monoisotopic (exact) mass is 198 g/mol. The zero-order valence-electron chi connectivity index (χ0n) is 5.65. The fourth-order valence-electron chi connectivity index (χ4n) is 0.748. The number of nitrogens with zero attached hydrogens (tertiary/aromatic N) is 1. The highest BCUT2D eigenvalue weighted by molar-refractivity contribution is 7.83. The molecule has 0 aliphatic carbocycles. The molecule has 1 unspecified atom stereocenters. The van der Waals surface area contributed by atoms with Crippen LogP contribution in [0.1, 0.15) is 13.8 Å². The second-order valence-corrected chi connectivity index (χ2v) is 4.00. The lowest BCUT2D eigenvalue weighted by atomic mass is 10.4. The van der Waals surface area contributed by atoms with Crippen molar-refractivity contribution in [3.05, 3.63) is 11.4 Å². The molecular formula is C5H8Cl2N2S. The van der Waals surface area contributed by atoms with E-state index in [1.165, 1.54) is 4.42 Å². The number of alkyl halides is 1. The number of halogens is 2. The Balaban J connectivity index is 2.87. The Kier molecular flexibility index (Phi) is 2.00. The molecule has 0 spiro atoms. The lowest BCUT2D eigenvalue weighted by Crippen LogP contribution is -2.36. The molecule has 0 radical (unpaired) electrons. The predicted octanol–water partition coefficient (Wildman–Crippen LogP) is 2.08. The number of allylic oxidation sites excluding steroid dienone is 2. The normalized spacial score (nSPS) is 33.1. The summed E-state index contributed by atoms with van der Waals surface area (Å²) in [5.41, 5.74) is 1.84. The molecule has 58 valence electrons. The highest BCUT2D eigenvalue weighted by Gasteiger charge is 2.36. The fourth-order valence-corrected chi connectivity index (χ4v) is 1.50. The average Bonchev–Trinajstić information content (AvgIpc) is 1.95. The molecule has 1 heterocycles. The van der Waals surface area contributed by atoms with Crippen molar-refractivity contribution in [3.8, 4) is 0 Å². The van der Waals surface area contributed by atoms with Crippen LogP contribution in [0.3, 0.4) is 0 Å². The molecule has 1 aliphatic heterocycles. The zero-order chi connectivity index (χ0) is 7.94. The van der Waals surface area contributed by atoms with Gasteiger partial charge >= 0.3 is 0 Å². The minimum Gasteiger partial charge on any atom is -0.343 e. The van der Waals surface area contributed by atoms with Gasteiger partial charge in [-0.25, -0.2) is 4.42 Å². The SMILES string of the molecule is CC1=C(C)N(Cl)C(S)(Cl)N1. The van der Waals surface area contributed by atoms with Gasteiger partial charge in [0, 0.05) is 17.5 Å². The summed E-state index contributed by atoms with van der Waals surface area (Å²) in [5, 5.41) is 2.90. The van der Waals surface area contributed by atoms with Gasteiger partial charge in [0.25, 0.3) is 0 Å². The predicted molar refractivity (Wildman–Crippen MR) is 46.8 cm³/mol. The number of hydrogen-bond donors (Lipinski definition) is 2. The third-order valence-corrected chi connectivity index (χ3v) is 2.73. The van der Waals surface area contributed by atoms with E-state index in [0.29, 0.717) is 0 Å². The first kappa shape index (κ1) is 8.37. The largest absolute Gasteiger partial charge is 0.343 e. The Labute approximate surface area is 75.7 Å². The van der Waals surface area contributed by atoms with Crippen molar-refractivity contribution in [2.45, 2.75) is 18.3 Å². The van der Waals surface area contributed by atoms with E-state index in [0.717, 1.165) is 11.4 Å². The minimum absolute atomic E-state index is 0.895. The maximum Gasteiger partial charge on any atom is 0.249 e. The van der Waals surface area contributed by atoms with Gasteiger partial charge in [-0.1, -0.05) is 11.6 Å². The topological polar surface area (TPSA) is 15.3 Å². The molecular weight excluding hydrogens is 191 g/mol. The molecule has 0 saturated carbocycles. The van der Waals surface area contributed by atoms with Crippen molar-refractivity contribution in [1.29, 1.82) is 0 Å². The highest BCUT2D eigenvalue weighted by atomic mass is 35.5. The highest BCUT2D eigenvalue weighted by Crippen LogP contribution is 2.35. The van der Waals surface area contributed by atoms with E-state index < -0.39 is 4.45 Å². The Hall–Kier alpha value is 0.270. The molecule has 5 heteroatoms. The molecule has 10 heavy (non-hydrogen) atoms. The van der Waals surface area contributed by atoms with Crippen LogP contribution in [0.25, 0.3) is 0 Å². The standard InChI is InChI=1S/C5H8Cl2N2S/c1-3-4(2)9(7)5(6,10)8-3/h8,10H,1-2H3. The molecule has 1 aliphatic rings. The summed E-state index contributed by atoms with van der Waals surface area (Å²) in [6.07, 6.45) is 0. The first-order chi connectivity index (χ1) is 4.45. The zero-order valence-corrected chi connectivity index (χ0v) is 8.06. The average molecular weight is 199 g/mol. The van der Waals surface area contributed by atoms with Crippen LogP contribution in [0.2, 0.25) is 0 Å². The summed E-state index contributed by atoms with van der Waals surface area (Å²) < 4.78 is 0.392. The molecule has 2 nitrogen and oxygen atoms in total. The third-order valence-electron chi connectivity index (χ3n) is 1.44. The van der Waals surface area contributed by atoms with Crippen molar-refractivity contribution in [1.82, 2.24) is 9.74 Å². The first-order valence-electron chi connectivity index (χ1n) is 2.78. The Morgan fingerprint density at radius 3 is 2.20 bits per heavy atom. The van der Waals surface area contributed by atoms with Crippen molar-refractivity contribution in [2.24, 2.45) is 0 Å². The van der Waals surface area contributed by atoms with E-state index in [4.69, 9.17) is 23.4 Å². The van der Waals surface area contributed by atoms with Gasteiger partial charge in [0.05, 0.1) is 5.70 Å². The van der Waals surface area contributed by atoms with Crippen LogP contribution in [0.5, 0.6) is 0 Å². The van der Waals surface area contributed by atoms with Crippen LogP contribution in [-0.2, 0) is 0 Å². The molecule has 0 amide bonds. The fraction of sp³-hybridized carbons (Fsp3) is 0.600. The van der Waals surface area contributed by atoms with Crippen LogP contribution >= 0.6 is 36.0 Å². The van der Waals surface area contributed by atoms with Gasteiger partial charge in [0.15, 0.2) is 0 Å². The molecule has 1 N–H and O–H groups in total. The van der Waals surface area contributed by atoms with Crippen molar-refractivity contribution in [2.75, 3.05) is 0 Å². The van der Waals surface area contributed by atoms with Gasteiger partial charge in [-0.15, -0.1) is 12.6 Å². The summed E-state index contributed by atoms with van der Waals surface area (Å²) in [7, 11) is 0. The Morgan fingerprint density at radius 2 is 2.10 bits per heavy atom. The number of thiol groups is 1. The molecule has 0 aromatic carbocycles. The van der Waals surface area contributed by atoms with E-state index in [2.05, 4.69) is 17.9 Å². The summed E-state index contributed by atoms with van der Waals surface area (Å²) >= 11 is 15.6. The van der Waals surface area contributed by atoms with Gasteiger partial charge in [0.1, 0.15) is 0 Å². The van der Waals surface area contributed by atoms with E-state index in [-0.39, 0.29) is 0 Å². The quantitative estimate of drug-likeness (QED) is 0.269. The lowest BCUT2D eigenvalue weighted by Gasteiger charge is -2.23. The van der Waals surface area contributed by atoms with Gasteiger partial charge < -0.3 is 5.32 Å². The summed E-state index contributed by atoms with van der Waals surface area (Å²) in [6, 6.07) is 0. The maximum absolute atomic E-state index is 5.81. The third kappa shape index (κ3) is 1.18. The molecule has 0 fully saturated rings. The second-order valence-electron chi connectivity index (χ2n) is 2.20. The van der Waals surface area contributed by atoms with Crippen LogP contribution in [0.4, 0.5) is 0 Å². The molecule has 0 saturated heterocycles. The minimum atomic E-state index is -0.963. The maximum atomic E-state index is 5.81. The second kappa shape index (κ2) is 2.40. The lowest BCUT2D eigenvalue weighted by molar-refractivity contribution is 0.486. The summed E-state index contributed by atoms with van der Waals surface area (Å²) in [4.78, 5) is 0. The van der Waals surface area contributed by atoms with Crippen LogP contribution in [0.15, 0.2) is 11.4 Å². The first-order valence-corrected chi connectivity index (χ1v) is 3.94. The van der Waals surface area contributed by atoms with Gasteiger partial charge in [-0.05, 0) is 13.8 Å². The van der Waals surface area contributed by atoms with Crippen molar-refractivity contribution in [3.63, 3.8) is 0 Å². The van der Waals surface area contributed by atoms with E-state index in [9.17, 15) is 0 Å². The molecule has 0 aromatic heterocycles.